The van der Waals surface area contributed by atoms with Crippen LogP contribution in [0.3, 0.4) is 0 Å². The van der Waals surface area contributed by atoms with Gasteiger partial charge in [-0.25, -0.2) is 0 Å². The molecule has 35 heavy (non-hydrogen) atoms. The van der Waals surface area contributed by atoms with E-state index in [9.17, 15) is 18.0 Å². The molecule has 0 saturated carbocycles. The van der Waals surface area contributed by atoms with Gasteiger partial charge in [0.2, 0.25) is 0 Å². The number of nitrogens with zero attached hydrogens (tertiary/aromatic N) is 1. The third kappa shape index (κ3) is 5.79. The second-order valence-electron chi connectivity index (χ2n) is 8.29. The van der Waals surface area contributed by atoms with Gasteiger partial charge in [-0.05, 0) is 79.4 Å². The molecule has 4 rings (SSSR count). The van der Waals surface area contributed by atoms with Crippen LogP contribution in [0.15, 0.2) is 54.6 Å². The summed E-state index contributed by atoms with van der Waals surface area (Å²) in [5, 5.41) is 9.16. The van der Waals surface area contributed by atoms with Crippen molar-refractivity contribution in [1.29, 1.82) is 0 Å². The standard InChI is InChI=1S/C26H26F3NO5/c1-33-19-8-4-17(5-9-19)23-11-6-18(7-13-25(31)32)30(23)24-12-10-20(15-22(24)26(27,28)29)35-16-21-3-2-14-34-21/h4-6,8-12,15,21H,2-3,7,13-14,16H2,1H3,(H,31,32). The molecule has 3 aromatic rings. The molecule has 2 heterocycles. The van der Waals surface area contributed by atoms with Gasteiger partial charge in [0.25, 0.3) is 0 Å². The molecule has 0 aliphatic carbocycles. The normalized spacial score (nSPS) is 15.8. The molecule has 1 atom stereocenters. The van der Waals surface area contributed by atoms with Gasteiger partial charge in [0.05, 0.1) is 36.6 Å². The Hall–Kier alpha value is -3.46. The van der Waals surface area contributed by atoms with Crippen molar-refractivity contribution in [3.63, 3.8) is 0 Å². The number of aliphatic carboxylic acids is 1. The van der Waals surface area contributed by atoms with Crippen LogP contribution in [-0.4, -0.2) is 42.1 Å². The Morgan fingerprint density at radius 2 is 1.86 bits per heavy atom. The maximum Gasteiger partial charge on any atom is 0.418 e. The second-order valence-corrected chi connectivity index (χ2v) is 8.29. The van der Waals surface area contributed by atoms with Crippen molar-refractivity contribution in [3.8, 4) is 28.4 Å². The average Bonchev–Trinajstić information content (AvgIpc) is 3.51. The number of rotatable bonds is 9. The maximum absolute atomic E-state index is 14.2. The molecule has 1 aromatic heterocycles. The fourth-order valence-electron chi connectivity index (χ4n) is 4.17. The third-order valence-corrected chi connectivity index (χ3v) is 5.92. The number of carboxylic acids is 1. The first-order chi connectivity index (χ1) is 16.8. The smallest absolute Gasteiger partial charge is 0.418 e. The molecule has 1 aliphatic rings. The number of benzene rings is 2. The lowest BCUT2D eigenvalue weighted by Crippen LogP contribution is -2.17. The van der Waals surface area contributed by atoms with Gasteiger partial charge >= 0.3 is 12.1 Å². The van der Waals surface area contributed by atoms with Crippen LogP contribution in [0.5, 0.6) is 11.5 Å². The minimum absolute atomic E-state index is 0.0695. The highest BCUT2D eigenvalue weighted by molar-refractivity contribution is 5.69. The van der Waals surface area contributed by atoms with E-state index in [-0.39, 0.29) is 37.0 Å². The van der Waals surface area contributed by atoms with E-state index >= 15 is 0 Å². The van der Waals surface area contributed by atoms with Gasteiger partial charge in [0, 0.05) is 12.3 Å². The van der Waals surface area contributed by atoms with Crippen LogP contribution in [0.1, 0.15) is 30.5 Å². The number of alkyl halides is 3. The van der Waals surface area contributed by atoms with E-state index in [1.165, 1.54) is 23.8 Å². The lowest BCUT2D eigenvalue weighted by molar-refractivity contribution is -0.138. The summed E-state index contributed by atoms with van der Waals surface area (Å²) < 4.78 is 60.5. The van der Waals surface area contributed by atoms with E-state index in [2.05, 4.69) is 0 Å². The van der Waals surface area contributed by atoms with Crippen LogP contribution in [0.25, 0.3) is 16.9 Å². The third-order valence-electron chi connectivity index (χ3n) is 5.92. The summed E-state index contributed by atoms with van der Waals surface area (Å²) in [5.74, 6) is -0.318. The van der Waals surface area contributed by atoms with Gasteiger partial charge in [-0.1, -0.05) is 0 Å². The summed E-state index contributed by atoms with van der Waals surface area (Å²) in [6, 6.07) is 14.1. The zero-order valence-corrected chi connectivity index (χ0v) is 19.2. The molecule has 0 spiro atoms. The molecule has 1 saturated heterocycles. The molecule has 9 heteroatoms. The van der Waals surface area contributed by atoms with Crippen molar-refractivity contribution in [1.82, 2.24) is 4.57 Å². The van der Waals surface area contributed by atoms with Gasteiger partial charge in [-0.3, -0.25) is 4.79 Å². The molecule has 1 aliphatic heterocycles. The maximum atomic E-state index is 14.2. The summed E-state index contributed by atoms with van der Waals surface area (Å²) >= 11 is 0. The largest absolute Gasteiger partial charge is 0.497 e. The first kappa shape index (κ1) is 24.7. The summed E-state index contributed by atoms with van der Waals surface area (Å²) in [7, 11) is 1.53. The molecule has 0 amide bonds. The predicted octanol–water partition coefficient (Wildman–Crippen LogP) is 5.75. The molecule has 0 bridgehead atoms. The van der Waals surface area contributed by atoms with Crippen LogP contribution in [0.2, 0.25) is 0 Å². The molecular weight excluding hydrogens is 463 g/mol. The van der Waals surface area contributed by atoms with Crippen LogP contribution in [0, 0.1) is 0 Å². The number of hydrogen-bond donors (Lipinski definition) is 1. The van der Waals surface area contributed by atoms with Crippen molar-refractivity contribution in [2.24, 2.45) is 0 Å². The van der Waals surface area contributed by atoms with Gasteiger partial charge in [0.15, 0.2) is 0 Å². The lowest BCUT2D eigenvalue weighted by atomic mass is 10.1. The van der Waals surface area contributed by atoms with Crippen LogP contribution >= 0.6 is 0 Å². The molecule has 1 N–H and O–H groups in total. The van der Waals surface area contributed by atoms with E-state index < -0.39 is 17.7 Å². The Kier molecular flexibility index (Phi) is 7.35. The highest BCUT2D eigenvalue weighted by atomic mass is 19.4. The van der Waals surface area contributed by atoms with Crippen molar-refractivity contribution in [2.45, 2.75) is 38.0 Å². The minimum Gasteiger partial charge on any atom is -0.497 e. The zero-order valence-electron chi connectivity index (χ0n) is 19.2. The van der Waals surface area contributed by atoms with Crippen LogP contribution in [-0.2, 0) is 22.1 Å². The number of carbonyl (C=O) groups is 1. The quantitative estimate of drug-likeness (QED) is 0.415. The van der Waals surface area contributed by atoms with Gasteiger partial charge in [-0.2, -0.15) is 13.2 Å². The Labute approximate surface area is 200 Å². The van der Waals surface area contributed by atoms with Gasteiger partial charge < -0.3 is 23.9 Å². The first-order valence-corrected chi connectivity index (χ1v) is 11.3. The minimum atomic E-state index is -4.66. The van der Waals surface area contributed by atoms with E-state index in [4.69, 9.17) is 19.3 Å². The van der Waals surface area contributed by atoms with E-state index in [0.29, 0.717) is 29.3 Å². The summed E-state index contributed by atoms with van der Waals surface area (Å²) in [5.41, 5.74) is 0.658. The van der Waals surface area contributed by atoms with Crippen molar-refractivity contribution in [3.05, 3.63) is 65.9 Å². The number of halogens is 3. The molecule has 6 nitrogen and oxygen atoms in total. The monoisotopic (exact) mass is 489 g/mol. The zero-order chi connectivity index (χ0) is 25.0. The fraction of sp³-hybridized carbons (Fsp3) is 0.346. The molecule has 1 unspecified atom stereocenters. The number of ether oxygens (including phenoxy) is 3. The van der Waals surface area contributed by atoms with E-state index in [1.807, 2.05) is 0 Å². The number of methoxy groups -OCH3 is 1. The topological polar surface area (TPSA) is 69.9 Å². The average molecular weight is 489 g/mol. The Bertz CT molecular complexity index is 1160. The van der Waals surface area contributed by atoms with E-state index in [0.717, 1.165) is 18.9 Å². The highest BCUT2D eigenvalue weighted by Crippen LogP contribution is 2.39. The fourth-order valence-corrected chi connectivity index (χ4v) is 4.17. The van der Waals surface area contributed by atoms with Gasteiger partial charge in [-0.15, -0.1) is 0 Å². The summed E-state index contributed by atoms with van der Waals surface area (Å²) in [4.78, 5) is 11.2. The van der Waals surface area contributed by atoms with Crippen molar-refractivity contribution >= 4 is 5.97 Å². The molecule has 186 valence electrons. The Morgan fingerprint density at radius 1 is 1.11 bits per heavy atom. The van der Waals surface area contributed by atoms with Crippen LogP contribution in [0.4, 0.5) is 13.2 Å². The SMILES string of the molecule is COc1ccc(-c2ccc(CCC(=O)O)n2-c2ccc(OCC3CCCO3)cc2C(F)(F)F)cc1. The highest BCUT2D eigenvalue weighted by Gasteiger charge is 2.35. The van der Waals surface area contributed by atoms with Gasteiger partial charge in [0.1, 0.15) is 18.1 Å². The first-order valence-electron chi connectivity index (χ1n) is 11.3. The molecular formula is C26H26F3NO5. The molecule has 1 fully saturated rings. The molecule has 0 radical (unpaired) electrons. The number of hydrogen-bond acceptors (Lipinski definition) is 4. The lowest BCUT2D eigenvalue weighted by Gasteiger charge is -2.21. The number of aryl methyl sites for hydroxylation is 1. The van der Waals surface area contributed by atoms with E-state index in [1.54, 1.807) is 36.4 Å². The van der Waals surface area contributed by atoms with Crippen molar-refractivity contribution in [2.75, 3.05) is 20.3 Å². The molecule has 2 aromatic carbocycles. The Morgan fingerprint density at radius 3 is 2.49 bits per heavy atom. The van der Waals surface area contributed by atoms with Crippen molar-refractivity contribution < 1.29 is 37.3 Å². The Balaban J connectivity index is 1.77. The number of carboxylic acid groups (broad SMARTS) is 1. The van der Waals surface area contributed by atoms with Crippen LogP contribution < -0.4 is 9.47 Å². The summed E-state index contributed by atoms with van der Waals surface area (Å²) in [6.07, 6.45) is -3.22. The summed E-state index contributed by atoms with van der Waals surface area (Å²) in [6.45, 7) is 0.808. The second kappa shape index (κ2) is 10.4. The number of aromatic nitrogens is 1. The predicted molar refractivity (Wildman–Crippen MR) is 123 cm³/mol.